The van der Waals surface area contributed by atoms with Crippen molar-refractivity contribution in [1.82, 2.24) is 5.32 Å². The first-order valence-corrected chi connectivity index (χ1v) is 9.08. The summed E-state index contributed by atoms with van der Waals surface area (Å²) in [5.74, 6) is 0.923. The molecule has 1 aromatic carbocycles. The Morgan fingerprint density at radius 2 is 2.30 bits per heavy atom. The normalized spacial score (nSPS) is 17.6. The molecule has 2 N–H and O–H groups in total. The van der Waals surface area contributed by atoms with Crippen LogP contribution in [0.3, 0.4) is 0 Å². The smallest absolute Gasteiger partial charge is 0.264 e. The molecule has 1 aromatic rings. The number of methoxy groups -OCH3 is 1. The molecular weight excluding hydrogens is 332 g/mol. The molecule has 0 fully saturated rings. The van der Waals surface area contributed by atoms with Crippen molar-refractivity contribution in [3.63, 3.8) is 0 Å². The van der Waals surface area contributed by atoms with Crippen LogP contribution in [-0.2, 0) is 4.79 Å². The fourth-order valence-electron chi connectivity index (χ4n) is 2.00. The fraction of sp³-hybridized carbons (Fsp3) is 0.375. The standard InChI is InChI=1S/C16H18N2O3S2/c1-3-4-7-22-16-11(9-17)14(20)18-15(23-16)10-5-6-12(19)13(8-10)21-2/h5-6,8,15,19H,3-4,7H2,1-2H3,(H,18,20)/t15-/m1/s1. The zero-order valence-corrected chi connectivity index (χ0v) is 14.6. The van der Waals surface area contributed by atoms with Crippen molar-refractivity contribution in [2.24, 2.45) is 0 Å². The highest BCUT2D eigenvalue weighted by molar-refractivity contribution is 8.22. The zero-order chi connectivity index (χ0) is 16.8. The van der Waals surface area contributed by atoms with Gasteiger partial charge >= 0.3 is 0 Å². The minimum atomic E-state index is -0.359. The summed E-state index contributed by atoms with van der Waals surface area (Å²) in [5.41, 5.74) is 0.988. The third-order valence-electron chi connectivity index (χ3n) is 3.27. The van der Waals surface area contributed by atoms with Crippen LogP contribution in [0.25, 0.3) is 0 Å². The Balaban J connectivity index is 2.25. The lowest BCUT2D eigenvalue weighted by Crippen LogP contribution is -2.31. The van der Waals surface area contributed by atoms with Gasteiger partial charge in [0.05, 0.1) is 11.3 Å². The first-order valence-electron chi connectivity index (χ1n) is 7.22. The van der Waals surface area contributed by atoms with E-state index in [0.717, 1.165) is 28.4 Å². The number of hydrogen-bond donors (Lipinski definition) is 2. The number of benzene rings is 1. The van der Waals surface area contributed by atoms with Crippen molar-refractivity contribution in [1.29, 1.82) is 5.26 Å². The predicted molar refractivity (Wildman–Crippen MR) is 93.1 cm³/mol. The Kier molecular flexibility index (Phi) is 6.25. The molecule has 1 aliphatic rings. The van der Waals surface area contributed by atoms with Gasteiger partial charge in [-0.2, -0.15) is 5.26 Å². The number of ether oxygens (including phenoxy) is 1. The minimum Gasteiger partial charge on any atom is -0.504 e. The van der Waals surface area contributed by atoms with Crippen molar-refractivity contribution >= 4 is 29.4 Å². The van der Waals surface area contributed by atoms with Gasteiger partial charge in [0.2, 0.25) is 0 Å². The van der Waals surface area contributed by atoms with Crippen molar-refractivity contribution in [3.05, 3.63) is 33.6 Å². The molecule has 0 unspecified atom stereocenters. The van der Waals surface area contributed by atoms with Gasteiger partial charge in [0.15, 0.2) is 11.5 Å². The number of phenols is 1. The van der Waals surface area contributed by atoms with E-state index in [1.807, 2.05) is 6.07 Å². The molecule has 0 saturated carbocycles. The highest BCUT2D eigenvalue weighted by atomic mass is 32.2. The molecule has 0 spiro atoms. The number of thioether (sulfide) groups is 2. The van der Waals surface area contributed by atoms with E-state index in [0.29, 0.717) is 5.75 Å². The molecule has 0 aromatic heterocycles. The summed E-state index contributed by atoms with van der Waals surface area (Å²) in [5, 5.41) is 21.4. The van der Waals surface area contributed by atoms with Gasteiger partial charge in [-0.25, -0.2) is 0 Å². The number of unbranched alkanes of at least 4 members (excludes halogenated alkanes) is 1. The molecule has 1 amide bonds. The molecule has 1 atom stereocenters. The number of hydrogen-bond acceptors (Lipinski definition) is 6. The van der Waals surface area contributed by atoms with Gasteiger partial charge in [-0.3, -0.25) is 4.79 Å². The van der Waals surface area contributed by atoms with Crippen LogP contribution in [0.15, 0.2) is 28.0 Å². The van der Waals surface area contributed by atoms with Crippen LogP contribution < -0.4 is 10.1 Å². The average molecular weight is 350 g/mol. The molecule has 23 heavy (non-hydrogen) atoms. The van der Waals surface area contributed by atoms with E-state index < -0.39 is 0 Å². The largest absolute Gasteiger partial charge is 0.504 e. The summed E-state index contributed by atoms with van der Waals surface area (Å²) >= 11 is 3.00. The lowest BCUT2D eigenvalue weighted by atomic mass is 10.2. The lowest BCUT2D eigenvalue weighted by molar-refractivity contribution is -0.117. The van der Waals surface area contributed by atoms with E-state index in [9.17, 15) is 15.2 Å². The van der Waals surface area contributed by atoms with Crippen molar-refractivity contribution in [2.75, 3.05) is 12.9 Å². The first-order chi connectivity index (χ1) is 11.1. The van der Waals surface area contributed by atoms with Crippen LogP contribution in [-0.4, -0.2) is 23.9 Å². The Hall–Kier alpha value is -1.78. The van der Waals surface area contributed by atoms with Crippen LogP contribution in [0.1, 0.15) is 30.7 Å². The van der Waals surface area contributed by atoms with Crippen molar-refractivity contribution < 1.29 is 14.6 Å². The molecule has 2 rings (SSSR count). The second kappa shape index (κ2) is 8.18. The predicted octanol–water partition coefficient (Wildman–Crippen LogP) is 3.53. The Bertz CT molecular complexity index is 668. The molecule has 0 bridgehead atoms. The zero-order valence-electron chi connectivity index (χ0n) is 13.0. The SMILES string of the molecule is CCCCSC1=C(C#N)C(=O)N[C@@H](c2ccc(O)c(OC)c2)S1. The highest BCUT2D eigenvalue weighted by Crippen LogP contribution is 2.45. The van der Waals surface area contributed by atoms with Crippen LogP contribution in [0.4, 0.5) is 0 Å². The molecule has 0 radical (unpaired) electrons. The van der Waals surface area contributed by atoms with Crippen molar-refractivity contribution in [2.45, 2.75) is 25.1 Å². The summed E-state index contributed by atoms with van der Waals surface area (Å²) in [6, 6.07) is 6.96. The number of carbonyl (C=O) groups excluding carboxylic acids is 1. The van der Waals surface area contributed by atoms with Gasteiger partial charge in [0.1, 0.15) is 17.0 Å². The Morgan fingerprint density at radius 1 is 1.52 bits per heavy atom. The lowest BCUT2D eigenvalue weighted by Gasteiger charge is -2.25. The van der Waals surface area contributed by atoms with Gasteiger partial charge in [0, 0.05) is 0 Å². The summed E-state index contributed by atoms with van der Waals surface area (Å²) in [7, 11) is 1.48. The van der Waals surface area contributed by atoms with E-state index in [-0.39, 0.29) is 22.6 Å². The second-order valence-corrected chi connectivity index (χ2v) is 7.36. The van der Waals surface area contributed by atoms with E-state index in [2.05, 4.69) is 12.2 Å². The number of rotatable bonds is 6. The summed E-state index contributed by atoms with van der Waals surface area (Å²) < 4.78 is 5.86. The molecule has 1 heterocycles. The molecule has 0 aliphatic carbocycles. The number of amides is 1. The second-order valence-electron chi connectivity index (χ2n) is 4.88. The quantitative estimate of drug-likeness (QED) is 0.764. The van der Waals surface area contributed by atoms with Crippen molar-refractivity contribution in [3.8, 4) is 17.6 Å². The summed E-state index contributed by atoms with van der Waals surface area (Å²) in [6.45, 7) is 2.10. The van der Waals surface area contributed by atoms with Gasteiger partial charge in [0.25, 0.3) is 5.91 Å². The fourth-order valence-corrected chi connectivity index (χ4v) is 4.63. The highest BCUT2D eigenvalue weighted by Gasteiger charge is 2.29. The maximum absolute atomic E-state index is 12.2. The first kappa shape index (κ1) is 17.6. The number of carbonyl (C=O) groups is 1. The third-order valence-corrected chi connectivity index (χ3v) is 5.91. The maximum atomic E-state index is 12.2. The monoisotopic (exact) mass is 350 g/mol. The third kappa shape index (κ3) is 4.15. The van der Waals surface area contributed by atoms with E-state index >= 15 is 0 Å². The molecular formula is C16H18N2O3S2. The van der Waals surface area contributed by atoms with Crippen LogP contribution in [0.2, 0.25) is 0 Å². The number of nitrogens with zero attached hydrogens (tertiary/aromatic N) is 1. The summed E-state index contributed by atoms with van der Waals surface area (Å²) in [4.78, 5) is 12.2. The molecule has 7 heteroatoms. The average Bonchev–Trinajstić information content (AvgIpc) is 2.55. The van der Waals surface area contributed by atoms with Gasteiger partial charge in [-0.15, -0.1) is 11.8 Å². The van der Waals surface area contributed by atoms with Crippen LogP contribution >= 0.6 is 23.5 Å². The molecule has 5 nitrogen and oxygen atoms in total. The number of nitrogens with one attached hydrogen (secondary N) is 1. The van der Waals surface area contributed by atoms with E-state index in [1.54, 1.807) is 23.9 Å². The van der Waals surface area contributed by atoms with Crippen LogP contribution in [0.5, 0.6) is 11.5 Å². The van der Waals surface area contributed by atoms with Gasteiger partial charge in [-0.05, 0) is 29.9 Å². The number of nitriles is 1. The topological polar surface area (TPSA) is 82.4 Å². The van der Waals surface area contributed by atoms with Crippen LogP contribution in [0, 0.1) is 11.3 Å². The minimum absolute atomic E-state index is 0.0502. The number of aromatic hydroxyl groups is 1. The molecule has 0 saturated heterocycles. The van der Waals surface area contributed by atoms with Gasteiger partial charge in [-0.1, -0.05) is 31.2 Å². The molecule has 1 aliphatic heterocycles. The maximum Gasteiger partial charge on any atom is 0.264 e. The van der Waals surface area contributed by atoms with Gasteiger partial charge < -0.3 is 15.2 Å². The Labute approximate surface area is 144 Å². The Morgan fingerprint density at radius 3 is 2.96 bits per heavy atom. The molecule has 122 valence electrons. The van der Waals surface area contributed by atoms with E-state index in [1.165, 1.54) is 24.9 Å². The van der Waals surface area contributed by atoms with E-state index in [4.69, 9.17) is 4.74 Å². The number of phenolic OH excluding ortho intramolecular Hbond substituents is 1. The summed E-state index contributed by atoms with van der Waals surface area (Å²) in [6.07, 6.45) is 2.10.